The summed E-state index contributed by atoms with van der Waals surface area (Å²) in [6.45, 7) is 8.41. The number of hydrogen-bond donors (Lipinski definition) is 1. The molecule has 1 saturated heterocycles. The maximum atomic E-state index is 5.69. The first-order valence-corrected chi connectivity index (χ1v) is 6.94. The van der Waals surface area contributed by atoms with Crippen LogP contribution in [0.25, 0.3) is 0 Å². The summed E-state index contributed by atoms with van der Waals surface area (Å²) in [6, 6.07) is 7.20. The Labute approximate surface area is 109 Å². The van der Waals surface area contributed by atoms with Crippen LogP contribution in [0.3, 0.4) is 0 Å². The summed E-state index contributed by atoms with van der Waals surface area (Å²) in [5.74, 6) is 0. The highest BCUT2D eigenvalue weighted by Crippen LogP contribution is 2.28. The van der Waals surface area contributed by atoms with Gasteiger partial charge in [-0.25, -0.2) is 0 Å². The first-order valence-electron chi connectivity index (χ1n) is 6.94. The van der Waals surface area contributed by atoms with Crippen molar-refractivity contribution in [3.63, 3.8) is 0 Å². The third-order valence-corrected chi connectivity index (χ3v) is 4.04. The number of para-hydroxylation sites is 1. The van der Waals surface area contributed by atoms with Crippen LogP contribution in [0.1, 0.15) is 25.0 Å². The molecule has 3 heteroatoms. The molecule has 0 bridgehead atoms. The number of nitrogens with one attached hydrogen (secondary N) is 1. The van der Waals surface area contributed by atoms with E-state index in [-0.39, 0.29) is 0 Å². The van der Waals surface area contributed by atoms with E-state index in [4.69, 9.17) is 4.74 Å². The summed E-state index contributed by atoms with van der Waals surface area (Å²) < 4.78 is 5.69. The molecular formula is C15H22N2O. The minimum atomic E-state index is 0.353. The summed E-state index contributed by atoms with van der Waals surface area (Å²) >= 11 is 0. The van der Waals surface area contributed by atoms with Crippen molar-refractivity contribution in [1.82, 2.24) is 4.90 Å². The summed E-state index contributed by atoms with van der Waals surface area (Å²) in [4.78, 5) is 2.53. The predicted octanol–water partition coefficient (Wildman–Crippen LogP) is 2.26. The van der Waals surface area contributed by atoms with Gasteiger partial charge in [-0.05, 0) is 31.4 Å². The average molecular weight is 246 g/mol. The molecule has 1 aromatic rings. The molecule has 2 atom stereocenters. The number of benzene rings is 1. The van der Waals surface area contributed by atoms with Crippen LogP contribution >= 0.6 is 0 Å². The molecule has 1 N–H and O–H groups in total. The van der Waals surface area contributed by atoms with Gasteiger partial charge in [0.2, 0.25) is 0 Å². The van der Waals surface area contributed by atoms with E-state index >= 15 is 0 Å². The van der Waals surface area contributed by atoms with Crippen LogP contribution in [-0.4, -0.2) is 36.7 Å². The van der Waals surface area contributed by atoms with Crippen LogP contribution in [0.4, 0.5) is 5.69 Å². The van der Waals surface area contributed by atoms with Crippen molar-refractivity contribution in [2.75, 3.05) is 25.0 Å². The van der Waals surface area contributed by atoms with E-state index in [0.717, 1.165) is 32.7 Å². The molecule has 18 heavy (non-hydrogen) atoms. The number of fused-ring (bicyclic) bond motifs is 1. The Morgan fingerprint density at radius 1 is 1.39 bits per heavy atom. The van der Waals surface area contributed by atoms with E-state index in [9.17, 15) is 0 Å². The van der Waals surface area contributed by atoms with Crippen LogP contribution in [-0.2, 0) is 17.7 Å². The van der Waals surface area contributed by atoms with Crippen molar-refractivity contribution in [2.24, 2.45) is 0 Å². The van der Waals surface area contributed by atoms with Crippen molar-refractivity contribution in [2.45, 2.75) is 39.0 Å². The fourth-order valence-corrected chi connectivity index (χ4v) is 2.95. The second-order valence-electron chi connectivity index (χ2n) is 5.55. The number of nitrogens with zero attached hydrogens (tertiary/aromatic N) is 1. The first kappa shape index (κ1) is 12.0. The maximum absolute atomic E-state index is 5.69. The van der Waals surface area contributed by atoms with Crippen LogP contribution in [0.5, 0.6) is 0 Å². The summed E-state index contributed by atoms with van der Waals surface area (Å²) in [5.41, 5.74) is 4.29. The molecule has 2 aliphatic heterocycles. The van der Waals surface area contributed by atoms with Crippen molar-refractivity contribution >= 4 is 5.69 Å². The molecule has 2 unspecified atom stereocenters. The lowest BCUT2D eigenvalue weighted by atomic mass is 10.1. The van der Waals surface area contributed by atoms with Gasteiger partial charge in [0.15, 0.2) is 0 Å². The molecule has 0 aromatic heterocycles. The van der Waals surface area contributed by atoms with Crippen molar-refractivity contribution in [3.05, 3.63) is 29.3 Å². The first-order chi connectivity index (χ1) is 8.74. The minimum Gasteiger partial charge on any atom is -0.384 e. The highest BCUT2D eigenvalue weighted by molar-refractivity contribution is 5.61. The van der Waals surface area contributed by atoms with Crippen LogP contribution in [0.15, 0.2) is 18.2 Å². The maximum Gasteiger partial charge on any atom is 0.0674 e. The quantitative estimate of drug-likeness (QED) is 0.866. The summed E-state index contributed by atoms with van der Waals surface area (Å²) in [7, 11) is 0. The molecule has 2 heterocycles. The molecule has 0 amide bonds. The van der Waals surface area contributed by atoms with Gasteiger partial charge in [-0.3, -0.25) is 4.90 Å². The highest BCUT2D eigenvalue weighted by Gasteiger charge is 2.24. The lowest BCUT2D eigenvalue weighted by Crippen LogP contribution is -2.46. The smallest absolute Gasteiger partial charge is 0.0674 e. The van der Waals surface area contributed by atoms with Crippen molar-refractivity contribution < 1.29 is 4.74 Å². The van der Waals surface area contributed by atoms with Crippen LogP contribution in [0, 0.1) is 0 Å². The fraction of sp³-hybridized carbons (Fsp3) is 0.600. The predicted molar refractivity (Wildman–Crippen MR) is 73.9 cm³/mol. The van der Waals surface area contributed by atoms with E-state index in [1.807, 2.05) is 0 Å². The van der Waals surface area contributed by atoms with Crippen LogP contribution < -0.4 is 5.32 Å². The number of morpholine rings is 1. The Morgan fingerprint density at radius 3 is 3.17 bits per heavy atom. The molecule has 1 aromatic carbocycles. The molecule has 98 valence electrons. The Kier molecular flexibility index (Phi) is 3.27. The standard InChI is InChI=1S/C15H22N2O/c1-11-10-18-12(2)8-17(11)9-14-5-3-4-13-6-7-16-15(13)14/h3-5,11-12,16H,6-10H2,1-2H3. The van der Waals surface area contributed by atoms with E-state index < -0.39 is 0 Å². The lowest BCUT2D eigenvalue weighted by molar-refractivity contribution is -0.0526. The van der Waals surface area contributed by atoms with Gasteiger partial charge < -0.3 is 10.1 Å². The van der Waals surface area contributed by atoms with Crippen LogP contribution in [0.2, 0.25) is 0 Å². The number of anilines is 1. The number of hydrogen-bond acceptors (Lipinski definition) is 3. The Bertz CT molecular complexity index is 433. The summed E-state index contributed by atoms with van der Waals surface area (Å²) in [6.07, 6.45) is 1.52. The molecule has 0 spiro atoms. The highest BCUT2D eigenvalue weighted by atomic mass is 16.5. The van der Waals surface area contributed by atoms with E-state index in [1.54, 1.807) is 0 Å². The van der Waals surface area contributed by atoms with Gasteiger partial charge in [-0.2, -0.15) is 0 Å². The zero-order chi connectivity index (χ0) is 12.5. The monoisotopic (exact) mass is 246 g/mol. The normalized spacial score (nSPS) is 27.9. The van der Waals surface area contributed by atoms with Gasteiger partial charge in [0.05, 0.1) is 12.7 Å². The van der Waals surface area contributed by atoms with Gasteiger partial charge in [0.1, 0.15) is 0 Å². The van der Waals surface area contributed by atoms with Gasteiger partial charge in [0, 0.05) is 31.4 Å². The minimum absolute atomic E-state index is 0.353. The zero-order valence-corrected chi connectivity index (χ0v) is 11.3. The molecular weight excluding hydrogens is 224 g/mol. The SMILES string of the molecule is CC1CN(Cc2cccc3c2NCC3)C(C)CO1. The number of rotatable bonds is 2. The Hall–Kier alpha value is -1.06. The van der Waals surface area contributed by atoms with Gasteiger partial charge >= 0.3 is 0 Å². The number of ether oxygens (including phenoxy) is 1. The van der Waals surface area contributed by atoms with Gasteiger partial charge in [0.25, 0.3) is 0 Å². The van der Waals surface area contributed by atoms with Gasteiger partial charge in [-0.1, -0.05) is 18.2 Å². The average Bonchev–Trinajstić information content (AvgIpc) is 2.83. The molecule has 0 aliphatic carbocycles. The molecule has 3 rings (SSSR count). The topological polar surface area (TPSA) is 24.5 Å². The summed E-state index contributed by atoms with van der Waals surface area (Å²) in [5, 5.41) is 3.53. The largest absolute Gasteiger partial charge is 0.384 e. The molecule has 2 aliphatic rings. The lowest BCUT2D eigenvalue weighted by Gasteiger charge is -2.37. The molecule has 0 radical (unpaired) electrons. The fourth-order valence-electron chi connectivity index (χ4n) is 2.95. The van der Waals surface area contributed by atoms with E-state index in [0.29, 0.717) is 12.1 Å². The van der Waals surface area contributed by atoms with Crippen molar-refractivity contribution in [3.8, 4) is 0 Å². The second-order valence-corrected chi connectivity index (χ2v) is 5.55. The van der Waals surface area contributed by atoms with Gasteiger partial charge in [-0.15, -0.1) is 0 Å². The zero-order valence-electron chi connectivity index (χ0n) is 11.3. The third kappa shape index (κ3) is 2.25. The molecule has 3 nitrogen and oxygen atoms in total. The third-order valence-electron chi connectivity index (χ3n) is 4.04. The van der Waals surface area contributed by atoms with E-state index in [2.05, 4.69) is 42.3 Å². The van der Waals surface area contributed by atoms with E-state index in [1.165, 1.54) is 16.8 Å². The Morgan fingerprint density at radius 2 is 2.28 bits per heavy atom. The molecule has 1 fully saturated rings. The molecule has 0 saturated carbocycles. The Balaban J connectivity index is 1.78. The van der Waals surface area contributed by atoms with Crippen molar-refractivity contribution in [1.29, 1.82) is 0 Å². The second kappa shape index (κ2) is 4.90.